The molecule has 1 amide bonds. The van der Waals surface area contributed by atoms with Gasteiger partial charge < -0.3 is 11.1 Å². The van der Waals surface area contributed by atoms with Crippen LogP contribution < -0.4 is 11.1 Å². The molecular formula is C15H20N4O. The van der Waals surface area contributed by atoms with Gasteiger partial charge in [-0.1, -0.05) is 38.5 Å². The van der Waals surface area contributed by atoms with Crippen molar-refractivity contribution in [1.29, 1.82) is 0 Å². The Hall–Kier alpha value is -2.30. The second-order valence-corrected chi connectivity index (χ2v) is 4.98. The standard InChI is InChI=1S/C15H20N4O/c1-3-11(2)9-19-10-13(14(16)20)15(18-19)17-12-7-5-4-6-8-12/h4-8,10-11H,3,9H2,1-2H3,(H2,16,20)(H,17,18). The number of aromatic nitrogens is 2. The number of anilines is 2. The zero-order chi connectivity index (χ0) is 14.5. The zero-order valence-corrected chi connectivity index (χ0v) is 11.8. The number of carbonyl (C=O) groups is 1. The summed E-state index contributed by atoms with van der Waals surface area (Å²) in [6.07, 6.45) is 2.77. The SMILES string of the molecule is CCC(C)Cn1cc(C(N)=O)c(Nc2ccccc2)n1. The molecule has 106 valence electrons. The van der Waals surface area contributed by atoms with Gasteiger partial charge in [-0.05, 0) is 18.1 Å². The molecule has 5 nitrogen and oxygen atoms in total. The molecule has 20 heavy (non-hydrogen) atoms. The van der Waals surface area contributed by atoms with E-state index in [1.807, 2.05) is 30.3 Å². The van der Waals surface area contributed by atoms with Gasteiger partial charge in [0.1, 0.15) is 5.56 Å². The number of nitrogens with two attached hydrogens (primary N) is 1. The van der Waals surface area contributed by atoms with Crippen LogP contribution >= 0.6 is 0 Å². The fourth-order valence-corrected chi connectivity index (χ4v) is 1.89. The molecule has 0 bridgehead atoms. The second-order valence-electron chi connectivity index (χ2n) is 4.98. The Morgan fingerprint density at radius 3 is 2.70 bits per heavy atom. The highest BCUT2D eigenvalue weighted by Gasteiger charge is 2.15. The van der Waals surface area contributed by atoms with Gasteiger partial charge in [-0.25, -0.2) is 0 Å². The summed E-state index contributed by atoms with van der Waals surface area (Å²) in [6, 6.07) is 9.60. The molecule has 0 spiro atoms. The van der Waals surface area contributed by atoms with Crippen molar-refractivity contribution >= 4 is 17.4 Å². The van der Waals surface area contributed by atoms with Crippen molar-refractivity contribution in [3.05, 3.63) is 42.1 Å². The Labute approximate surface area is 118 Å². The summed E-state index contributed by atoms with van der Waals surface area (Å²) in [6.45, 7) is 5.05. The van der Waals surface area contributed by atoms with Crippen LogP contribution in [0.3, 0.4) is 0 Å². The fraction of sp³-hybridized carbons (Fsp3) is 0.333. The van der Waals surface area contributed by atoms with Crippen molar-refractivity contribution in [3.8, 4) is 0 Å². The van der Waals surface area contributed by atoms with E-state index in [9.17, 15) is 4.79 Å². The summed E-state index contributed by atoms with van der Waals surface area (Å²) in [7, 11) is 0. The van der Waals surface area contributed by atoms with E-state index in [-0.39, 0.29) is 0 Å². The third kappa shape index (κ3) is 3.38. The molecular weight excluding hydrogens is 252 g/mol. The van der Waals surface area contributed by atoms with E-state index < -0.39 is 5.91 Å². The van der Waals surface area contributed by atoms with E-state index >= 15 is 0 Å². The van der Waals surface area contributed by atoms with E-state index in [4.69, 9.17) is 5.73 Å². The number of benzene rings is 1. The third-order valence-electron chi connectivity index (χ3n) is 3.26. The minimum Gasteiger partial charge on any atom is -0.365 e. The number of nitrogens with one attached hydrogen (secondary N) is 1. The van der Waals surface area contributed by atoms with Crippen LogP contribution in [-0.2, 0) is 6.54 Å². The predicted octanol–water partition coefficient (Wildman–Crippen LogP) is 2.77. The van der Waals surface area contributed by atoms with E-state index in [1.54, 1.807) is 10.9 Å². The Morgan fingerprint density at radius 1 is 1.40 bits per heavy atom. The molecule has 5 heteroatoms. The zero-order valence-electron chi connectivity index (χ0n) is 11.8. The van der Waals surface area contributed by atoms with Crippen molar-refractivity contribution in [1.82, 2.24) is 9.78 Å². The summed E-state index contributed by atoms with van der Waals surface area (Å²) in [5.74, 6) is 0.533. The molecule has 1 unspecified atom stereocenters. The highest BCUT2D eigenvalue weighted by atomic mass is 16.1. The lowest BCUT2D eigenvalue weighted by Gasteiger charge is -2.07. The average Bonchev–Trinajstić information content (AvgIpc) is 2.82. The third-order valence-corrected chi connectivity index (χ3v) is 3.26. The first-order valence-corrected chi connectivity index (χ1v) is 6.79. The first-order chi connectivity index (χ1) is 9.60. The molecule has 0 radical (unpaired) electrons. The average molecular weight is 272 g/mol. The Kier molecular flexibility index (Phi) is 4.40. The maximum Gasteiger partial charge on any atom is 0.254 e. The number of rotatable bonds is 6. The summed E-state index contributed by atoms with van der Waals surface area (Å²) in [5, 5.41) is 7.55. The highest BCUT2D eigenvalue weighted by molar-refractivity contribution is 5.98. The Morgan fingerprint density at radius 2 is 2.10 bits per heavy atom. The minimum absolute atomic E-state index is 0.414. The Bertz CT molecular complexity index is 577. The molecule has 1 atom stereocenters. The van der Waals surface area contributed by atoms with Gasteiger partial charge in [0.15, 0.2) is 5.82 Å². The fourth-order valence-electron chi connectivity index (χ4n) is 1.89. The number of amides is 1. The van der Waals surface area contributed by atoms with Gasteiger partial charge >= 0.3 is 0 Å². The van der Waals surface area contributed by atoms with Crippen molar-refractivity contribution in [2.75, 3.05) is 5.32 Å². The maximum atomic E-state index is 11.5. The molecule has 1 aromatic heterocycles. The van der Waals surface area contributed by atoms with Gasteiger partial charge in [0, 0.05) is 18.4 Å². The van der Waals surface area contributed by atoms with Gasteiger partial charge in [0.25, 0.3) is 5.91 Å². The lowest BCUT2D eigenvalue weighted by atomic mass is 10.1. The van der Waals surface area contributed by atoms with Gasteiger partial charge in [0.05, 0.1) is 0 Å². The molecule has 0 fully saturated rings. The lowest BCUT2D eigenvalue weighted by molar-refractivity contribution is 0.100. The van der Waals surface area contributed by atoms with Crippen molar-refractivity contribution in [3.63, 3.8) is 0 Å². The molecule has 1 aromatic carbocycles. The predicted molar refractivity (Wildman–Crippen MR) is 79.9 cm³/mol. The van der Waals surface area contributed by atoms with Gasteiger partial charge in [-0.15, -0.1) is 0 Å². The van der Waals surface area contributed by atoms with Gasteiger partial charge in [0.2, 0.25) is 0 Å². The van der Waals surface area contributed by atoms with Gasteiger partial charge in [-0.3, -0.25) is 9.48 Å². The van der Waals surface area contributed by atoms with E-state index in [0.717, 1.165) is 18.7 Å². The molecule has 2 aromatic rings. The molecule has 0 saturated heterocycles. The van der Waals surface area contributed by atoms with Gasteiger partial charge in [-0.2, -0.15) is 5.10 Å². The normalized spacial score (nSPS) is 12.1. The number of hydrogen-bond donors (Lipinski definition) is 2. The first kappa shape index (κ1) is 14.1. The quantitative estimate of drug-likeness (QED) is 0.849. The number of nitrogens with zero attached hydrogens (tertiary/aromatic N) is 2. The van der Waals surface area contributed by atoms with Crippen LogP contribution in [0.2, 0.25) is 0 Å². The molecule has 2 rings (SSSR count). The molecule has 0 aliphatic rings. The van der Waals surface area contributed by atoms with Crippen LogP contribution in [0.5, 0.6) is 0 Å². The van der Waals surface area contributed by atoms with E-state index in [2.05, 4.69) is 24.3 Å². The van der Waals surface area contributed by atoms with E-state index in [1.165, 1.54) is 0 Å². The number of hydrogen-bond acceptors (Lipinski definition) is 3. The minimum atomic E-state index is -0.473. The van der Waals surface area contributed by atoms with Crippen LogP contribution in [-0.4, -0.2) is 15.7 Å². The summed E-state index contributed by atoms with van der Waals surface area (Å²) in [5.41, 5.74) is 6.71. The largest absolute Gasteiger partial charge is 0.365 e. The van der Waals surface area contributed by atoms with Crippen molar-refractivity contribution in [2.24, 2.45) is 11.7 Å². The molecule has 0 saturated carbocycles. The van der Waals surface area contributed by atoms with Crippen molar-refractivity contribution < 1.29 is 4.79 Å². The van der Waals surface area contributed by atoms with Crippen LogP contribution in [0, 0.1) is 5.92 Å². The van der Waals surface area contributed by atoms with Crippen LogP contribution in [0.15, 0.2) is 36.5 Å². The lowest BCUT2D eigenvalue weighted by Crippen LogP contribution is -2.12. The van der Waals surface area contributed by atoms with Crippen LogP contribution in [0.4, 0.5) is 11.5 Å². The summed E-state index contributed by atoms with van der Waals surface area (Å²) in [4.78, 5) is 11.5. The molecule has 3 N–H and O–H groups in total. The maximum absolute atomic E-state index is 11.5. The van der Waals surface area contributed by atoms with E-state index in [0.29, 0.717) is 17.3 Å². The first-order valence-electron chi connectivity index (χ1n) is 6.79. The molecule has 0 aliphatic heterocycles. The smallest absolute Gasteiger partial charge is 0.254 e. The summed E-state index contributed by atoms with van der Waals surface area (Å²) >= 11 is 0. The molecule has 1 heterocycles. The van der Waals surface area contributed by atoms with Crippen molar-refractivity contribution in [2.45, 2.75) is 26.8 Å². The number of para-hydroxylation sites is 1. The highest BCUT2D eigenvalue weighted by Crippen LogP contribution is 2.19. The van der Waals surface area contributed by atoms with Crippen LogP contribution in [0.25, 0.3) is 0 Å². The summed E-state index contributed by atoms with van der Waals surface area (Å²) < 4.78 is 1.78. The monoisotopic (exact) mass is 272 g/mol. The number of carbonyl (C=O) groups excluding carboxylic acids is 1. The van der Waals surface area contributed by atoms with Crippen LogP contribution in [0.1, 0.15) is 30.6 Å². The second kappa shape index (κ2) is 6.23. The molecule has 0 aliphatic carbocycles. The Balaban J connectivity index is 2.24. The number of primary amides is 1. The topological polar surface area (TPSA) is 72.9 Å².